The van der Waals surface area contributed by atoms with Crippen LogP contribution in [0.1, 0.15) is 75.4 Å². The van der Waals surface area contributed by atoms with E-state index in [9.17, 15) is 0 Å². The van der Waals surface area contributed by atoms with E-state index in [1.807, 2.05) is 6.08 Å². The maximum atomic E-state index is 3.90. The van der Waals surface area contributed by atoms with Crippen molar-refractivity contribution in [1.82, 2.24) is 4.57 Å². The zero-order chi connectivity index (χ0) is 42.4. The van der Waals surface area contributed by atoms with E-state index in [0.717, 1.165) is 36.3 Å². The predicted molar refractivity (Wildman–Crippen MR) is 264 cm³/mol. The number of anilines is 2. The lowest BCUT2D eigenvalue weighted by Crippen LogP contribution is -2.36. The Bertz CT molecular complexity index is 2590. The van der Waals surface area contributed by atoms with E-state index in [-0.39, 0.29) is 6.17 Å². The molecule has 0 amide bonds. The lowest BCUT2D eigenvalue weighted by molar-refractivity contribution is 0.801. The average molecular weight is 789 g/mol. The summed E-state index contributed by atoms with van der Waals surface area (Å²) in [7, 11) is 0. The lowest BCUT2D eigenvalue weighted by atomic mass is 9.92. The molecular formula is C56H60N4. The summed E-state index contributed by atoms with van der Waals surface area (Å²) in [6, 6.07) is 32.8. The van der Waals surface area contributed by atoms with Crippen molar-refractivity contribution in [3.63, 3.8) is 0 Å². The largest absolute Gasteiger partial charge is 0.360 e. The number of hydrogen-bond donors (Lipinski definition) is 1. The Balaban J connectivity index is 0.000000676. The van der Waals surface area contributed by atoms with E-state index in [0.29, 0.717) is 0 Å². The van der Waals surface area contributed by atoms with Gasteiger partial charge in [0, 0.05) is 34.7 Å². The first-order valence-corrected chi connectivity index (χ1v) is 21.2. The molecule has 304 valence electrons. The predicted octanol–water partition coefficient (Wildman–Crippen LogP) is 15.2. The molecule has 0 bridgehead atoms. The highest BCUT2D eigenvalue weighted by Crippen LogP contribution is 2.40. The third kappa shape index (κ3) is 9.96. The molecule has 5 aromatic rings. The molecule has 4 heteroatoms. The molecule has 1 N–H and O–H groups in total. The molecule has 4 nitrogen and oxygen atoms in total. The number of aryl methyl sites for hydroxylation is 2. The summed E-state index contributed by atoms with van der Waals surface area (Å²) in [5, 5.41) is 5.03. The van der Waals surface area contributed by atoms with E-state index < -0.39 is 0 Å². The highest BCUT2D eigenvalue weighted by Gasteiger charge is 2.31. The van der Waals surface area contributed by atoms with Gasteiger partial charge in [0.2, 0.25) is 0 Å². The fourth-order valence-corrected chi connectivity index (χ4v) is 8.00. The second-order valence-electron chi connectivity index (χ2n) is 15.2. The lowest BCUT2D eigenvalue weighted by Gasteiger charge is -2.29. The second-order valence-corrected chi connectivity index (χ2v) is 15.2. The van der Waals surface area contributed by atoms with Gasteiger partial charge in [-0.3, -0.25) is 4.99 Å². The van der Waals surface area contributed by atoms with Crippen LogP contribution in [0.25, 0.3) is 39.9 Å². The van der Waals surface area contributed by atoms with Crippen LogP contribution < -0.4 is 10.2 Å². The van der Waals surface area contributed by atoms with E-state index in [1.54, 1.807) is 6.20 Å². The summed E-state index contributed by atoms with van der Waals surface area (Å²) in [4.78, 5) is 6.30. The molecule has 1 aromatic heterocycles. The molecule has 2 aliphatic rings. The molecule has 0 fully saturated rings. The third-order valence-electron chi connectivity index (χ3n) is 11.2. The summed E-state index contributed by atoms with van der Waals surface area (Å²) in [5.74, 6) is 0. The van der Waals surface area contributed by atoms with Crippen molar-refractivity contribution < 1.29 is 0 Å². The van der Waals surface area contributed by atoms with Crippen molar-refractivity contribution in [1.29, 1.82) is 0 Å². The molecule has 4 aromatic carbocycles. The minimum atomic E-state index is -0.0286. The topological polar surface area (TPSA) is 32.6 Å². The number of nitrogens with zero attached hydrogens (tertiary/aromatic N) is 3. The van der Waals surface area contributed by atoms with E-state index in [1.165, 1.54) is 66.7 Å². The van der Waals surface area contributed by atoms with Crippen molar-refractivity contribution >= 4 is 46.8 Å². The van der Waals surface area contributed by atoms with Gasteiger partial charge in [-0.15, -0.1) is 0 Å². The molecule has 60 heavy (non-hydrogen) atoms. The quantitative estimate of drug-likeness (QED) is 0.101. The molecule has 1 aliphatic heterocycles. The molecule has 0 saturated carbocycles. The standard InChI is InChI=1S/C48H50N4.C8H10/c1-8-19-39(52-47-27-16-14-25-44(47)50-48(52)37(9-2)21-17-30-49-7)22-18-31-51-45(10-3)43(41-24-13-15-26-46(41)51)32-36(6)38-29-28-35(5)42(33-38)40-23-12-11-20-34(40)4;1-8-6-4-2-3-5-7-8/h8,11-33,48,50H,7,9-10H2,1-6H3;2-4,6-7H,5H2,1H3/b19-8-,30-17-,31-18+,36-32+,37-21+,39-22+;. The minimum Gasteiger partial charge on any atom is -0.360 e. The molecule has 0 radical (unpaired) electrons. The van der Waals surface area contributed by atoms with Crippen LogP contribution >= 0.6 is 0 Å². The first kappa shape index (κ1) is 42.9. The van der Waals surface area contributed by atoms with Gasteiger partial charge in [0.25, 0.3) is 0 Å². The second kappa shape index (κ2) is 20.9. The van der Waals surface area contributed by atoms with E-state index in [2.05, 4.69) is 239 Å². The summed E-state index contributed by atoms with van der Waals surface area (Å²) >= 11 is 0. The van der Waals surface area contributed by atoms with Crippen LogP contribution in [0.2, 0.25) is 0 Å². The Morgan fingerprint density at radius 2 is 1.63 bits per heavy atom. The SMILES string of the molecule is C=N/C=C\C=C(/CC)C1Nc2ccccc2N1C(/C=C\C)=C/C=C/n1c(CC)c(/C=C(\C)c2ccc(C)c(-c3ccccc3C)c2)c2ccccc21.CC1=CCC=CC=C1. The van der Waals surface area contributed by atoms with Crippen LogP contribution in [0.5, 0.6) is 0 Å². The Morgan fingerprint density at radius 1 is 0.867 bits per heavy atom. The van der Waals surface area contributed by atoms with Gasteiger partial charge < -0.3 is 14.8 Å². The molecule has 0 spiro atoms. The molecule has 1 atom stereocenters. The highest BCUT2D eigenvalue weighted by atomic mass is 15.3. The Labute approximate surface area is 359 Å². The first-order chi connectivity index (χ1) is 29.3. The molecule has 1 aliphatic carbocycles. The van der Waals surface area contributed by atoms with Gasteiger partial charge in [-0.25, -0.2) is 0 Å². The summed E-state index contributed by atoms with van der Waals surface area (Å²) in [6.45, 7) is 18.9. The number of nitrogens with one attached hydrogen (secondary N) is 1. The zero-order valence-corrected chi connectivity index (χ0v) is 36.5. The number of benzene rings is 4. The van der Waals surface area contributed by atoms with Crippen molar-refractivity contribution in [2.75, 3.05) is 10.2 Å². The Hall–Kier alpha value is -6.65. The smallest absolute Gasteiger partial charge is 0.126 e. The van der Waals surface area contributed by atoms with Gasteiger partial charge >= 0.3 is 0 Å². The first-order valence-electron chi connectivity index (χ1n) is 21.2. The molecule has 0 saturated heterocycles. The number of hydrogen-bond acceptors (Lipinski definition) is 3. The number of fused-ring (bicyclic) bond motifs is 2. The van der Waals surface area contributed by atoms with Crippen LogP contribution in [0.4, 0.5) is 11.4 Å². The molecular weight excluding hydrogens is 729 g/mol. The number of para-hydroxylation sites is 3. The zero-order valence-electron chi connectivity index (χ0n) is 36.5. The average Bonchev–Trinajstić information content (AvgIpc) is 3.67. The maximum absolute atomic E-state index is 3.90. The van der Waals surface area contributed by atoms with Gasteiger partial charge in [0.1, 0.15) is 6.17 Å². The summed E-state index contributed by atoms with van der Waals surface area (Å²) in [6.07, 6.45) is 32.6. The summed E-state index contributed by atoms with van der Waals surface area (Å²) < 4.78 is 2.37. The van der Waals surface area contributed by atoms with E-state index in [4.69, 9.17) is 0 Å². The van der Waals surface area contributed by atoms with Crippen LogP contribution in [0.3, 0.4) is 0 Å². The van der Waals surface area contributed by atoms with Gasteiger partial charge in [-0.2, -0.15) is 0 Å². The molecule has 1 unspecified atom stereocenters. The van der Waals surface area contributed by atoms with Crippen LogP contribution in [-0.2, 0) is 6.42 Å². The minimum absolute atomic E-state index is 0.0286. The monoisotopic (exact) mass is 788 g/mol. The Morgan fingerprint density at radius 3 is 2.42 bits per heavy atom. The number of aliphatic imine (C=N–C) groups is 1. The molecule has 2 heterocycles. The van der Waals surface area contributed by atoms with Crippen molar-refractivity contribution in [3.8, 4) is 11.1 Å². The van der Waals surface area contributed by atoms with Gasteiger partial charge in [-0.1, -0.05) is 129 Å². The molecule has 7 rings (SSSR count). The van der Waals surface area contributed by atoms with Crippen LogP contribution in [-0.4, -0.2) is 17.5 Å². The van der Waals surface area contributed by atoms with Gasteiger partial charge in [0.15, 0.2) is 0 Å². The fraction of sp³-hybridized carbons (Fsp3) is 0.196. The highest BCUT2D eigenvalue weighted by molar-refractivity contribution is 5.97. The normalized spacial score (nSPS) is 15.7. The number of allylic oxidation sites excluding steroid dienone is 13. The van der Waals surface area contributed by atoms with E-state index >= 15 is 0 Å². The van der Waals surface area contributed by atoms with Crippen LogP contribution in [0.15, 0.2) is 186 Å². The maximum Gasteiger partial charge on any atom is 0.126 e. The fourth-order valence-electron chi connectivity index (χ4n) is 8.00. The number of rotatable bonds is 12. The van der Waals surface area contributed by atoms with Crippen LogP contribution in [0, 0.1) is 13.8 Å². The summed E-state index contributed by atoms with van der Waals surface area (Å²) in [5.41, 5.74) is 17.4. The van der Waals surface area contributed by atoms with Gasteiger partial charge in [0.05, 0.1) is 16.9 Å². The Kier molecular flexibility index (Phi) is 14.9. The third-order valence-corrected chi connectivity index (χ3v) is 11.2. The number of aromatic nitrogens is 1. The van der Waals surface area contributed by atoms with Crippen molar-refractivity contribution in [2.45, 2.75) is 73.9 Å². The van der Waals surface area contributed by atoms with Crippen molar-refractivity contribution in [3.05, 3.63) is 209 Å². The van der Waals surface area contributed by atoms with Gasteiger partial charge in [-0.05, 0) is 154 Å². The van der Waals surface area contributed by atoms with Crippen molar-refractivity contribution in [2.24, 2.45) is 4.99 Å².